The molecule has 128 valence electrons. The lowest BCUT2D eigenvalue weighted by Gasteiger charge is -2.20. The Morgan fingerprint density at radius 1 is 1.24 bits per heavy atom. The second-order valence-corrected chi connectivity index (χ2v) is 6.91. The predicted molar refractivity (Wildman–Crippen MR) is 98.8 cm³/mol. The summed E-state index contributed by atoms with van der Waals surface area (Å²) in [5.74, 6) is 1.77. The van der Waals surface area contributed by atoms with Gasteiger partial charge in [-0.3, -0.25) is 9.88 Å². The van der Waals surface area contributed by atoms with Gasteiger partial charge in [-0.25, -0.2) is 0 Å². The van der Waals surface area contributed by atoms with Crippen molar-refractivity contribution < 1.29 is 0 Å². The molecule has 0 saturated carbocycles. The van der Waals surface area contributed by atoms with Gasteiger partial charge in [0.25, 0.3) is 0 Å². The molecule has 0 radical (unpaired) electrons. The first kappa shape index (κ1) is 16.3. The maximum absolute atomic E-state index is 6.32. The average molecular weight is 354 g/mol. The highest BCUT2D eigenvalue weighted by atomic mass is 35.5. The highest BCUT2D eigenvalue weighted by molar-refractivity contribution is 6.30. The van der Waals surface area contributed by atoms with Gasteiger partial charge in [0.15, 0.2) is 5.82 Å². The zero-order valence-corrected chi connectivity index (χ0v) is 14.7. The second kappa shape index (κ2) is 6.59. The largest absolute Gasteiger partial charge is 0.328 e. The van der Waals surface area contributed by atoms with Crippen LogP contribution in [0.3, 0.4) is 0 Å². The van der Waals surface area contributed by atoms with Crippen LogP contribution in [0.1, 0.15) is 35.7 Å². The fourth-order valence-electron chi connectivity index (χ4n) is 3.37. The van der Waals surface area contributed by atoms with E-state index in [0.29, 0.717) is 18.0 Å². The predicted octanol–water partition coefficient (Wildman–Crippen LogP) is 3.00. The summed E-state index contributed by atoms with van der Waals surface area (Å²) in [6.07, 6.45) is 0.672. The van der Waals surface area contributed by atoms with E-state index in [2.05, 4.69) is 32.2 Å². The summed E-state index contributed by atoms with van der Waals surface area (Å²) >= 11 is 6.32. The van der Waals surface area contributed by atoms with Gasteiger partial charge in [0, 0.05) is 17.5 Å². The Morgan fingerprint density at radius 2 is 2.04 bits per heavy atom. The maximum atomic E-state index is 6.32. The van der Waals surface area contributed by atoms with E-state index in [1.165, 1.54) is 5.56 Å². The minimum atomic E-state index is 0.0187. The summed E-state index contributed by atoms with van der Waals surface area (Å²) in [6, 6.07) is 16.4. The molecule has 0 aliphatic carbocycles. The van der Waals surface area contributed by atoms with Crippen molar-refractivity contribution >= 4 is 11.6 Å². The van der Waals surface area contributed by atoms with Crippen LogP contribution in [-0.4, -0.2) is 20.8 Å². The zero-order valence-electron chi connectivity index (χ0n) is 14.0. The minimum Gasteiger partial charge on any atom is -0.328 e. The van der Waals surface area contributed by atoms with Gasteiger partial charge < -0.3 is 5.73 Å². The first-order chi connectivity index (χ1) is 12.1. The first-order valence-corrected chi connectivity index (χ1v) is 8.78. The molecule has 4 rings (SSSR count). The first-order valence-electron chi connectivity index (χ1n) is 8.40. The summed E-state index contributed by atoms with van der Waals surface area (Å²) < 4.78 is 2.12. The van der Waals surface area contributed by atoms with Crippen molar-refractivity contribution in [1.82, 2.24) is 20.1 Å². The van der Waals surface area contributed by atoms with Crippen LogP contribution in [0, 0.1) is 0 Å². The number of hydrogen-bond donors (Lipinski definition) is 2. The van der Waals surface area contributed by atoms with Crippen molar-refractivity contribution in [2.75, 3.05) is 0 Å². The van der Waals surface area contributed by atoms with E-state index in [-0.39, 0.29) is 12.1 Å². The van der Waals surface area contributed by atoms with Crippen molar-refractivity contribution in [3.63, 3.8) is 0 Å². The standard InChI is InChI=1S/C19H20ClN5/c1-12(21)9-17-23-24-18-11-22-19(13-5-3-2-4-6-13)15-10-14(20)7-8-16(15)25(17)18/h2-8,10,12,19,22H,9,11,21H2,1H3. The quantitative estimate of drug-likeness (QED) is 0.759. The van der Waals surface area contributed by atoms with E-state index in [4.69, 9.17) is 17.3 Å². The molecule has 0 bridgehead atoms. The monoisotopic (exact) mass is 353 g/mol. The second-order valence-electron chi connectivity index (χ2n) is 6.48. The van der Waals surface area contributed by atoms with Gasteiger partial charge in [0.2, 0.25) is 0 Å². The number of benzene rings is 2. The molecular formula is C19H20ClN5. The average Bonchev–Trinajstić information content (AvgIpc) is 2.90. The SMILES string of the molecule is CC(N)Cc1nnc2n1-c1ccc(Cl)cc1C(c1ccccc1)NC2. The van der Waals surface area contributed by atoms with Crippen molar-refractivity contribution in [3.05, 3.63) is 76.3 Å². The Balaban J connectivity index is 1.90. The number of aromatic nitrogens is 3. The molecule has 1 aliphatic rings. The molecule has 0 amide bonds. The van der Waals surface area contributed by atoms with Gasteiger partial charge in [-0.15, -0.1) is 10.2 Å². The van der Waals surface area contributed by atoms with Gasteiger partial charge >= 0.3 is 0 Å². The number of nitrogens with zero attached hydrogens (tertiary/aromatic N) is 3. The number of rotatable bonds is 3. The van der Waals surface area contributed by atoms with Crippen molar-refractivity contribution in [3.8, 4) is 5.69 Å². The highest BCUT2D eigenvalue weighted by Crippen LogP contribution is 2.33. The minimum absolute atomic E-state index is 0.0187. The van der Waals surface area contributed by atoms with E-state index < -0.39 is 0 Å². The lowest BCUT2D eigenvalue weighted by molar-refractivity contribution is 0.598. The van der Waals surface area contributed by atoms with Crippen LogP contribution in [0.4, 0.5) is 0 Å². The van der Waals surface area contributed by atoms with E-state index in [1.54, 1.807) is 0 Å². The molecule has 2 aromatic carbocycles. The van der Waals surface area contributed by atoms with Crippen molar-refractivity contribution in [2.24, 2.45) is 5.73 Å². The molecule has 0 spiro atoms. The van der Waals surface area contributed by atoms with Crippen LogP contribution in [-0.2, 0) is 13.0 Å². The molecule has 0 saturated heterocycles. The fourth-order valence-corrected chi connectivity index (χ4v) is 3.55. The van der Waals surface area contributed by atoms with Crippen LogP contribution < -0.4 is 11.1 Å². The maximum Gasteiger partial charge on any atom is 0.151 e. The topological polar surface area (TPSA) is 68.8 Å². The van der Waals surface area contributed by atoms with Crippen molar-refractivity contribution in [1.29, 1.82) is 0 Å². The van der Waals surface area contributed by atoms with Gasteiger partial charge in [-0.1, -0.05) is 41.9 Å². The van der Waals surface area contributed by atoms with E-state index in [1.807, 2.05) is 43.3 Å². The van der Waals surface area contributed by atoms with Crippen LogP contribution in [0.2, 0.25) is 5.02 Å². The number of halogens is 1. The third-order valence-corrected chi connectivity index (χ3v) is 4.68. The van der Waals surface area contributed by atoms with Crippen LogP contribution in [0.5, 0.6) is 0 Å². The molecule has 2 unspecified atom stereocenters. The van der Waals surface area contributed by atoms with Crippen LogP contribution in [0.25, 0.3) is 5.69 Å². The number of fused-ring (bicyclic) bond motifs is 3. The number of nitrogens with one attached hydrogen (secondary N) is 1. The van der Waals surface area contributed by atoms with Crippen molar-refractivity contribution in [2.45, 2.75) is 32.0 Å². The van der Waals surface area contributed by atoms with E-state index in [9.17, 15) is 0 Å². The number of nitrogens with two attached hydrogens (primary N) is 1. The molecule has 5 nitrogen and oxygen atoms in total. The molecule has 0 fully saturated rings. The van der Waals surface area contributed by atoms with E-state index in [0.717, 1.165) is 22.9 Å². The fraction of sp³-hybridized carbons (Fsp3) is 0.263. The number of hydrogen-bond acceptors (Lipinski definition) is 4. The normalized spacial score (nSPS) is 17.5. The molecule has 2 heterocycles. The molecule has 6 heteroatoms. The van der Waals surface area contributed by atoms with Crippen LogP contribution >= 0.6 is 11.6 Å². The summed E-state index contributed by atoms with van der Waals surface area (Å²) in [5.41, 5.74) is 9.36. The smallest absolute Gasteiger partial charge is 0.151 e. The van der Waals surface area contributed by atoms with Gasteiger partial charge in [-0.05, 0) is 36.2 Å². The highest BCUT2D eigenvalue weighted by Gasteiger charge is 2.26. The Bertz CT molecular complexity index is 888. The Morgan fingerprint density at radius 3 is 2.80 bits per heavy atom. The zero-order chi connectivity index (χ0) is 17.4. The summed E-state index contributed by atoms with van der Waals surface area (Å²) in [5, 5.41) is 13.0. The molecule has 3 N–H and O–H groups in total. The molecule has 1 aliphatic heterocycles. The van der Waals surface area contributed by atoms with Gasteiger partial charge in [0.1, 0.15) is 5.82 Å². The third-order valence-electron chi connectivity index (χ3n) is 4.44. The molecule has 1 aromatic heterocycles. The molecule has 25 heavy (non-hydrogen) atoms. The Hall–Kier alpha value is -2.21. The summed E-state index contributed by atoms with van der Waals surface area (Å²) in [4.78, 5) is 0. The Kier molecular flexibility index (Phi) is 4.29. The van der Waals surface area contributed by atoms with Gasteiger partial charge in [0.05, 0.1) is 18.3 Å². The molecule has 2 atom stereocenters. The summed E-state index contributed by atoms with van der Waals surface area (Å²) in [7, 11) is 0. The lowest BCUT2D eigenvalue weighted by Crippen LogP contribution is -2.21. The Labute approximate surface area is 151 Å². The van der Waals surface area contributed by atoms with Crippen LogP contribution in [0.15, 0.2) is 48.5 Å². The third kappa shape index (κ3) is 3.06. The van der Waals surface area contributed by atoms with Gasteiger partial charge in [-0.2, -0.15) is 0 Å². The van der Waals surface area contributed by atoms with E-state index >= 15 is 0 Å². The molecule has 3 aromatic rings. The summed E-state index contributed by atoms with van der Waals surface area (Å²) in [6.45, 7) is 2.60. The molecular weight excluding hydrogens is 334 g/mol. The lowest BCUT2D eigenvalue weighted by atomic mass is 9.97.